The minimum Gasteiger partial charge on any atom is -0.453 e. The lowest BCUT2D eigenvalue weighted by atomic mass is 10.1. The molecule has 0 fully saturated rings. The predicted molar refractivity (Wildman–Crippen MR) is 101 cm³/mol. The first kappa shape index (κ1) is 19.2. The molecular weight excluding hydrogens is 364 g/mol. The van der Waals surface area contributed by atoms with Gasteiger partial charge < -0.3 is 10.1 Å². The third kappa shape index (κ3) is 5.74. The summed E-state index contributed by atoms with van der Waals surface area (Å²) in [5.74, 6) is 0.865. The number of ether oxygens (including phenoxy) is 1. The van der Waals surface area contributed by atoms with E-state index in [4.69, 9.17) is 16.3 Å². The number of hydrogen-bond acceptors (Lipinski definition) is 4. The Morgan fingerprint density at radius 1 is 1.24 bits per heavy atom. The van der Waals surface area contributed by atoms with Crippen LogP contribution in [0.2, 0.25) is 0 Å². The van der Waals surface area contributed by atoms with Crippen molar-refractivity contribution in [3.05, 3.63) is 48.0 Å². The molecule has 0 saturated heterocycles. The molecule has 0 aliphatic rings. The van der Waals surface area contributed by atoms with Crippen molar-refractivity contribution in [2.75, 3.05) is 16.6 Å². The van der Waals surface area contributed by atoms with Gasteiger partial charge in [0.15, 0.2) is 5.75 Å². The summed E-state index contributed by atoms with van der Waals surface area (Å²) >= 11 is 3.25. The molecule has 25 heavy (non-hydrogen) atoms. The van der Waals surface area contributed by atoms with Gasteiger partial charge in [-0.15, -0.1) is 0 Å². The van der Waals surface area contributed by atoms with Gasteiger partial charge in [0.2, 0.25) is 0 Å². The molecule has 2 rings (SSSR count). The summed E-state index contributed by atoms with van der Waals surface area (Å²) in [6.07, 6.45) is 1.90. The van der Waals surface area contributed by atoms with Gasteiger partial charge in [0.25, 0.3) is 16.5 Å². The third-order valence-corrected chi connectivity index (χ3v) is 3.93. The van der Waals surface area contributed by atoms with Crippen LogP contribution < -0.4 is 14.8 Å². The van der Waals surface area contributed by atoms with E-state index >= 15 is 0 Å². The smallest absolute Gasteiger partial charge is 0.259 e. The summed E-state index contributed by atoms with van der Waals surface area (Å²) in [5, 5.41) is 2.52. The number of rotatable bonds is 9. The van der Waals surface area contributed by atoms with Crippen LogP contribution in [0.4, 0.5) is 11.4 Å². The topological polar surface area (TPSA) is 87.7 Å². The Kier molecular flexibility index (Phi) is 7.24. The van der Waals surface area contributed by atoms with Crippen LogP contribution in [0.1, 0.15) is 30.1 Å². The summed E-state index contributed by atoms with van der Waals surface area (Å²) in [5.41, 5.74) is 0.890. The fraction of sp³-hybridized carbons (Fsp3) is 0.235. The molecular formula is C17H19ClN2O4S. The molecule has 0 bridgehead atoms. The van der Waals surface area contributed by atoms with Gasteiger partial charge in [-0.2, -0.15) is 0 Å². The Balaban J connectivity index is 2.48. The van der Waals surface area contributed by atoms with Crippen molar-refractivity contribution in [3.8, 4) is 11.5 Å². The van der Waals surface area contributed by atoms with Crippen LogP contribution in [0.15, 0.2) is 42.5 Å². The maximum atomic E-state index is 11.6. The number of benzene rings is 2. The molecule has 0 aliphatic heterocycles. The number of unbranched alkanes of at least 4 members (excludes halogenated alkanes) is 1. The number of hydrogen-bond donors (Lipinski definition) is 3. The monoisotopic (exact) mass is 382 g/mol. The van der Waals surface area contributed by atoms with E-state index in [0.717, 1.165) is 12.8 Å². The average molecular weight is 383 g/mol. The molecule has 0 aliphatic carbocycles. The number of anilines is 2. The Bertz CT molecular complexity index is 756. The standard InChI is InChI=1S/C17H19ClN2O4S/c1-2-3-9-19-14-10-12(17(18)21)11-15(20-25(22)23)16(14)24-13-7-5-4-6-8-13/h4-8,10-11,19-20H,2-3,9H2,1H3,(H,22,23). The van der Waals surface area contributed by atoms with E-state index in [9.17, 15) is 13.6 Å². The Labute approximate surface area is 154 Å². The Hall–Kier alpha value is -2.09. The average Bonchev–Trinajstić information content (AvgIpc) is 2.57. The van der Waals surface area contributed by atoms with Crippen LogP contribution >= 0.6 is 11.6 Å². The number of carbonyl (C=O) groups is 1. The second kappa shape index (κ2) is 9.41. The molecule has 0 heterocycles. The molecule has 0 radical (unpaired) electrons. The predicted octanol–water partition coefficient (Wildman–Crippen LogP) is 4.62. The molecule has 1 unspecified atom stereocenters. The van der Waals surface area contributed by atoms with Crippen LogP contribution in [0, 0.1) is 0 Å². The zero-order chi connectivity index (χ0) is 18.2. The molecule has 3 N–H and O–H groups in total. The zero-order valence-corrected chi connectivity index (χ0v) is 15.2. The second-order valence-corrected chi connectivity index (χ2v) is 6.27. The van der Waals surface area contributed by atoms with E-state index in [1.54, 1.807) is 18.2 Å². The molecule has 2 aromatic rings. The van der Waals surface area contributed by atoms with Gasteiger partial charge in [-0.1, -0.05) is 31.5 Å². The summed E-state index contributed by atoms with van der Waals surface area (Å²) < 4.78 is 28.7. The van der Waals surface area contributed by atoms with Gasteiger partial charge in [-0.25, -0.2) is 4.21 Å². The summed E-state index contributed by atoms with van der Waals surface area (Å²) in [6.45, 7) is 2.72. The van der Waals surface area contributed by atoms with Gasteiger partial charge in [0.1, 0.15) is 5.75 Å². The number of nitrogens with one attached hydrogen (secondary N) is 2. The van der Waals surface area contributed by atoms with E-state index in [1.807, 2.05) is 18.2 Å². The minimum atomic E-state index is -2.33. The van der Waals surface area contributed by atoms with Crippen molar-refractivity contribution in [1.82, 2.24) is 0 Å². The number of para-hydroxylation sites is 1. The van der Waals surface area contributed by atoms with E-state index < -0.39 is 16.5 Å². The van der Waals surface area contributed by atoms with Gasteiger partial charge in [-0.05, 0) is 42.3 Å². The van der Waals surface area contributed by atoms with Crippen molar-refractivity contribution in [2.24, 2.45) is 0 Å². The highest BCUT2D eigenvalue weighted by Gasteiger charge is 2.17. The van der Waals surface area contributed by atoms with E-state index in [-0.39, 0.29) is 11.3 Å². The van der Waals surface area contributed by atoms with Gasteiger partial charge >= 0.3 is 0 Å². The van der Waals surface area contributed by atoms with Crippen molar-refractivity contribution < 1.29 is 18.3 Å². The Morgan fingerprint density at radius 3 is 2.52 bits per heavy atom. The molecule has 2 aromatic carbocycles. The molecule has 0 spiro atoms. The highest BCUT2D eigenvalue weighted by atomic mass is 35.5. The minimum absolute atomic E-state index is 0.189. The van der Waals surface area contributed by atoms with Crippen molar-refractivity contribution >= 4 is 39.5 Å². The first-order valence-electron chi connectivity index (χ1n) is 7.73. The lowest BCUT2D eigenvalue weighted by Gasteiger charge is -2.18. The lowest BCUT2D eigenvalue weighted by molar-refractivity contribution is 0.108. The van der Waals surface area contributed by atoms with Crippen molar-refractivity contribution in [1.29, 1.82) is 0 Å². The molecule has 6 nitrogen and oxygen atoms in total. The fourth-order valence-electron chi connectivity index (χ4n) is 2.16. The van der Waals surface area contributed by atoms with Crippen LogP contribution in [-0.2, 0) is 11.3 Å². The molecule has 0 amide bonds. The van der Waals surface area contributed by atoms with Crippen LogP contribution in [0.3, 0.4) is 0 Å². The highest BCUT2D eigenvalue weighted by Crippen LogP contribution is 2.39. The summed E-state index contributed by atoms with van der Waals surface area (Å²) in [7, 11) is 0. The zero-order valence-electron chi connectivity index (χ0n) is 13.6. The maximum absolute atomic E-state index is 11.6. The van der Waals surface area contributed by atoms with Gasteiger partial charge in [-0.3, -0.25) is 14.1 Å². The van der Waals surface area contributed by atoms with Crippen molar-refractivity contribution in [3.63, 3.8) is 0 Å². The van der Waals surface area contributed by atoms with E-state index in [1.165, 1.54) is 6.07 Å². The van der Waals surface area contributed by atoms with Crippen LogP contribution in [-0.4, -0.2) is 20.5 Å². The fourth-order valence-corrected chi connectivity index (χ4v) is 2.61. The van der Waals surface area contributed by atoms with Crippen LogP contribution in [0.5, 0.6) is 11.5 Å². The molecule has 1 atom stereocenters. The molecule has 8 heteroatoms. The van der Waals surface area contributed by atoms with E-state index in [0.29, 0.717) is 23.7 Å². The van der Waals surface area contributed by atoms with Crippen molar-refractivity contribution in [2.45, 2.75) is 19.8 Å². The number of halogens is 1. The molecule has 0 saturated carbocycles. The van der Waals surface area contributed by atoms with Gasteiger partial charge in [0.05, 0.1) is 11.4 Å². The highest BCUT2D eigenvalue weighted by molar-refractivity contribution is 7.80. The third-order valence-electron chi connectivity index (χ3n) is 3.32. The van der Waals surface area contributed by atoms with Gasteiger partial charge in [0, 0.05) is 12.1 Å². The first-order valence-corrected chi connectivity index (χ1v) is 9.22. The normalized spacial score (nSPS) is 11.6. The largest absolute Gasteiger partial charge is 0.453 e. The lowest BCUT2D eigenvalue weighted by Crippen LogP contribution is -2.09. The summed E-state index contributed by atoms with van der Waals surface area (Å²) in [6, 6.07) is 11.9. The first-order chi connectivity index (χ1) is 12.0. The summed E-state index contributed by atoms with van der Waals surface area (Å²) in [4.78, 5) is 11.6. The Morgan fingerprint density at radius 2 is 1.92 bits per heavy atom. The maximum Gasteiger partial charge on any atom is 0.259 e. The molecule has 134 valence electrons. The quantitative estimate of drug-likeness (QED) is 0.334. The van der Waals surface area contributed by atoms with Crippen LogP contribution in [0.25, 0.3) is 0 Å². The molecule has 0 aromatic heterocycles. The number of carbonyl (C=O) groups excluding carboxylic acids is 1. The SMILES string of the molecule is CCCCNc1cc(C(=O)Cl)cc(NS(=O)O)c1Oc1ccccc1. The second-order valence-electron chi connectivity index (χ2n) is 5.22. The van der Waals surface area contributed by atoms with E-state index in [2.05, 4.69) is 17.0 Å².